The number of phenolic OH excluding ortho intramolecular Hbond substituents is 1. The molecule has 7 N–H and O–H groups in total. The van der Waals surface area contributed by atoms with Crippen LogP contribution in [0.5, 0.6) is 5.75 Å². The quantitative estimate of drug-likeness (QED) is 0.148. The molecule has 0 aliphatic heterocycles. The van der Waals surface area contributed by atoms with Gasteiger partial charge in [-0.1, -0.05) is 56.3 Å². The number of aromatic hydroxyl groups is 1. The number of nitrogens with one attached hydrogen (secondary N) is 5. The van der Waals surface area contributed by atoms with Gasteiger partial charge < -0.3 is 41.5 Å². The molecule has 46 heavy (non-hydrogen) atoms. The van der Waals surface area contributed by atoms with Crippen LogP contribution in [0.1, 0.15) is 45.7 Å². The molecule has 0 spiro atoms. The Hall–Kier alpha value is -5.14. The van der Waals surface area contributed by atoms with E-state index in [9.17, 15) is 39.0 Å². The van der Waals surface area contributed by atoms with Gasteiger partial charge in [-0.15, -0.1) is 0 Å². The SMILES string of the molecule is CC(C)C(NC(=O)C(Cc1ccccc1)NC(=O)CNC(=O)CNC(=O)C(Cc1ccc(O)cc1)NC(=O)OC(C)(C)C)C(=O)O. The van der Waals surface area contributed by atoms with Crippen molar-refractivity contribution >= 4 is 35.7 Å². The Balaban J connectivity index is 1.99. The molecule has 2 rings (SSSR count). The molecule has 14 nitrogen and oxygen atoms in total. The van der Waals surface area contributed by atoms with Gasteiger partial charge in [0.05, 0.1) is 13.1 Å². The van der Waals surface area contributed by atoms with Gasteiger partial charge in [0.2, 0.25) is 23.6 Å². The zero-order valence-electron chi connectivity index (χ0n) is 26.6. The second kappa shape index (κ2) is 17.4. The maximum Gasteiger partial charge on any atom is 0.408 e. The summed E-state index contributed by atoms with van der Waals surface area (Å²) in [7, 11) is 0. The van der Waals surface area contributed by atoms with Crippen LogP contribution in [0.25, 0.3) is 0 Å². The fourth-order valence-electron chi connectivity index (χ4n) is 4.13. The van der Waals surface area contributed by atoms with Crippen molar-refractivity contribution in [1.82, 2.24) is 26.6 Å². The van der Waals surface area contributed by atoms with E-state index in [0.29, 0.717) is 11.1 Å². The van der Waals surface area contributed by atoms with Gasteiger partial charge in [0.1, 0.15) is 29.5 Å². The number of amides is 5. The molecule has 3 unspecified atom stereocenters. The Bertz CT molecular complexity index is 1360. The lowest BCUT2D eigenvalue weighted by molar-refractivity contribution is -0.143. The van der Waals surface area contributed by atoms with Gasteiger partial charge in [-0.05, 0) is 49.9 Å². The first-order valence-electron chi connectivity index (χ1n) is 14.7. The number of carboxylic acid groups (broad SMARTS) is 1. The summed E-state index contributed by atoms with van der Waals surface area (Å²) >= 11 is 0. The van der Waals surface area contributed by atoms with Crippen molar-refractivity contribution in [2.45, 2.75) is 71.2 Å². The number of carboxylic acids is 1. The summed E-state index contributed by atoms with van der Waals surface area (Å²) in [5.74, 6) is -4.44. The molecule has 3 atom stereocenters. The highest BCUT2D eigenvalue weighted by Crippen LogP contribution is 2.13. The van der Waals surface area contributed by atoms with E-state index in [1.54, 1.807) is 77.1 Å². The number of carbonyl (C=O) groups excluding carboxylic acids is 5. The van der Waals surface area contributed by atoms with Crippen molar-refractivity contribution in [1.29, 1.82) is 0 Å². The smallest absolute Gasteiger partial charge is 0.408 e. The van der Waals surface area contributed by atoms with E-state index in [2.05, 4.69) is 26.6 Å². The Kier molecular flexibility index (Phi) is 14.0. The van der Waals surface area contributed by atoms with Crippen LogP contribution >= 0.6 is 0 Å². The average molecular weight is 642 g/mol. The first-order valence-corrected chi connectivity index (χ1v) is 14.7. The van der Waals surface area contributed by atoms with Crippen LogP contribution in [-0.2, 0) is 41.6 Å². The molecule has 0 aromatic heterocycles. The molecular formula is C32H43N5O9. The molecule has 14 heteroatoms. The van der Waals surface area contributed by atoms with Crippen molar-refractivity contribution < 1.29 is 43.7 Å². The third-order valence-electron chi connectivity index (χ3n) is 6.42. The minimum absolute atomic E-state index is 0.0255. The van der Waals surface area contributed by atoms with Gasteiger partial charge >= 0.3 is 12.1 Å². The van der Waals surface area contributed by atoms with Gasteiger partial charge in [0.25, 0.3) is 0 Å². The number of rotatable bonds is 15. The summed E-state index contributed by atoms with van der Waals surface area (Å²) in [5.41, 5.74) is 0.511. The van der Waals surface area contributed by atoms with Crippen LogP contribution in [0, 0.1) is 5.92 Å². The van der Waals surface area contributed by atoms with Crippen LogP contribution in [-0.4, -0.2) is 82.7 Å². The number of ether oxygens (including phenoxy) is 1. The van der Waals surface area contributed by atoms with Crippen molar-refractivity contribution in [3.63, 3.8) is 0 Å². The molecule has 0 heterocycles. The van der Waals surface area contributed by atoms with E-state index >= 15 is 0 Å². The van der Waals surface area contributed by atoms with Crippen LogP contribution in [0.3, 0.4) is 0 Å². The van der Waals surface area contributed by atoms with E-state index in [0.717, 1.165) is 0 Å². The fourth-order valence-corrected chi connectivity index (χ4v) is 4.13. The molecule has 2 aromatic carbocycles. The molecule has 0 bridgehead atoms. The monoisotopic (exact) mass is 641 g/mol. The molecule has 0 saturated carbocycles. The summed E-state index contributed by atoms with van der Waals surface area (Å²) in [4.78, 5) is 75.2. The Morgan fingerprint density at radius 1 is 0.717 bits per heavy atom. The van der Waals surface area contributed by atoms with Crippen molar-refractivity contribution in [2.24, 2.45) is 5.92 Å². The highest BCUT2D eigenvalue weighted by molar-refractivity contribution is 5.93. The predicted molar refractivity (Wildman–Crippen MR) is 167 cm³/mol. The molecule has 0 aliphatic carbocycles. The third-order valence-corrected chi connectivity index (χ3v) is 6.42. The maximum absolute atomic E-state index is 13.0. The number of phenols is 1. The summed E-state index contributed by atoms with van der Waals surface area (Å²) in [6.07, 6.45) is -0.746. The third kappa shape index (κ3) is 13.7. The highest BCUT2D eigenvalue weighted by atomic mass is 16.6. The van der Waals surface area contributed by atoms with Gasteiger partial charge in [0, 0.05) is 12.8 Å². The standard InChI is InChI=1S/C32H43N5O9/c1-19(2)27(30(43)44)37-29(42)24(15-20-9-7-6-8-10-20)35-26(40)18-33-25(39)17-34-28(41)23(36-31(45)46-32(3,4)5)16-21-11-13-22(38)14-12-21/h6-14,19,23-24,27,38H,15-18H2,1-5H3,(H,33,39)(H,34,41)(H,35,40)(H,36,45)(H,37,42)(H,43,44). The minimum Gasteiger partial charge on any atom is -0.508 e. The first kappa shape index (κ1) is 37.0. The topological polar surface area (TPSA) is 212 Å². The largest absolute Gasteiger partial charge is 0.508 e. The lowest BCUT2D eigenvalue weighted by Crippen LogP contribution is -2.55. The van der Waals surface area contributed by atoms with E-state index in [4.69, 9.17) is 4.74 Å². The predicted octanol–water partition coefficient (Wildman–Crippen LogP) is 1.01. The molecule has 2 aromatic rings. The average Bonchev–Trinajstić information content (AvgIpc) is 2.97. The van der Waals surface area contributed by atoms with Gasteiger partial charge in [-0.2, -0.15) is 0 Å². The number of benzene rings is 2. The number of hydrogen-bond acceptors (Lipinski definition) is 8. The zero-order valence-corrected chi connectivity index (χ0v) is 26.6. The summed E-state index contributed by atoms with van der Waals surface area (Å²) in [6.45, 7) is 7.21. The van der Waals surface area contributed by atoms with Crippen LogP contribution in [0.15, 0.2) is 54.6 Å². The van der Waals surface area contributed by atoms with Gasteiger partial charge in [-0.3, -0.25) is 19.2 Å². The van der Waals surface area contributed by atoms with Crippen molar-refractivity contribution in [3.8, 4) is 5.75 Å². The molecule has 250 valence electrons. The number of alkyl carbamates (subject to hydrolysis) is 1. The molecule has 5 amide bonds. The van der Waals surface area contributed by atoms with E-state index in [1.807, 2.05) is 0 Å². The van der Waals surface area contributed by atoms with Gasteiger partial charge in [-0.25, -0.2) is 9.59 Å². The van der Waals surface area contributed by atoms with Gasteiger partial charge in [0.15, 0.2) is 0 Å². The van der Waals surface area contributed by atoms with E-state index in [-0.39, 0.29) is 18.6 Å². The minimum atomic E-state index is -1.21. The number of aliphatic carboxylic acids is 1. The molecular weight excluding hydrogens is 598 g/mol. The van der Waals surface area contributed by atoms with E-state index in [1.165, 1.54) is 12.1 Å². The Morgan fingerprint density at radius 3 is 1.80 bits per heavy atom. The summed E-state index contributed by atoms with van der Waals surface area (Å²) < 4.78 is 5.24. The first-order chi connectivity index (χ1) is 21.5. The van der Waals surface area contributed by atoms with Crippen LogP contribution < -0.4 is 26.6 Å². The summed E-state index contributed by atoms with van der Waals surface area (Å²) in [6, 6.07) is 11.4. The number of carbonyl (C=O) groups is 6. The van der Waals surface area contributed by atoms with Crippen molar-refractivity contribution in [2.75, 3.05) is 13.1 Å². The zero-order chi connectivity index (χ0) is 34.4. The van der Waals surface area contributed by atoms with Crippen LogP contribution in [0.2, 0.25) is 0 Å². The molecule has 0 radical (unpaired) electrons. The number of hydrogen-bond donors (Lipinski definition) is 7. The normalized spacial score (nSPS) is 13.0. The Labute approximate surface area is 267 Å². The Morgan fingerprint density at radius 2 is 1.26 bits per heavy atom. The second-order valence-electron chi connectivity index (χ2n) is 11.9. The second-order valence-corrected chi connectivity index (χ2v) is 11.9. The lowest BCUT2D eigenvalue weighted by atomic mass is 10.0. The molecule has 0 saturated heterocycles. The van der Waals surface area contributed by atoms with E-state index < -0.39 is 78.4 Å². The maximum atomic E-state index is 13.0. The summed E-state index contributed by atoms with van der Waals surface area (Å²) in [5, 5.41) is 31.3. The highest BCUT2D eigenvalue weighted by Gasteiger charge is 2.29. The van der Waals surface area contributed by atoms with Crippen molar-refractivity contribution in [3.05, 3.63) is 65.7 Å². The lowest BCUT2D eigenvalue weighted by Gasteiger charge is -2.24. The van der Waals surface area contributed by atoms with Crippen LogP contribution in [0.4, 0.5) is 4.79 Å². The fraction of sp³-hybridized carbons (Fsp3) is 0.438. The molecule has 0 aliphatic rings. The molecule has 0 fully saturated rings.